The van der Waals surface area contributed by atoms with E-state index in [1.54, 1.807) is 24.3 Å². The summed E-state index contributed by atoms with van der Waals surface area (Å²) in [6.45, 7) is 8.37. The van der Waals surface area contributed by atoms with Crippen LogP contribution in [0.25, 0.3) is 0 Å². The Kier molecular flexibility index (Phi) is 8.86. The molecular weight excluding hydrogens is 464 g/mol. The molecule has 0 spiro atoms. The van der Waals surface area contributed by atoms with Crippen molar-refractivity contribution < 1.29 is 17.9 Å². The third-order valence-electron chi connectivity index (χ3n) is 5.26. The van der Waals surface area contributed by atoms with Gasteiger partial charge in [-0.1, -0.05) is 24.3 Å². The zero-order chi connectivity index (χ0) is 25.3. The molecule has 3 aromatic carbocycles. The van der Waals surface area contributed by atoms with Crippen LogP contribution >= 0.6 is 0 Å². The highest BCUT2D eigenvalue weighted by atomic mass is 32.2. The van der Waals surface area contributed by atoms with Crippen molar-refractivity contribution in [1.82, 2.24) is 5.43 Å². The summed E-state index contributed by atoms with van der Waals surface area (Å²) >= 11 is 0. The zero-order valence-corrected chi connectivity index (χ0v) is 20.9. The predicted octanol–water partition coefficient (Wildman–Crippen LogP) is 4.50. The van der Waals surface area contributed by atoms with Crippen molar-refractivity contribution in [3.05, 3.63) is 83.9 Å². The maximum absolute atomic E-state index is 12.8. The number of ether oxygens (including phenoxy) is 1. The van der Waals surface area contributed by atoms with Gasteiger partial charge in [0.2, 0.25) is 0 Å². The molecule has 1 amide bonds. The van der Waals surface area contributed by atoms with E-state index >= 15 is 0 Å². The van der Waals surface area contributed by atoms with Crippen molar-refractivity contribution in [3.63, 3.8) is 0 Å². The summed E-state index contributed by atoms with van der Waals surface area (Å²) in [5.74, 6) is 0.0396. The van der Waals surface area contributed by atoms with E-state index in [0.717, 1.165) is 24.3 Å². The first-order chi connectivity index (χ1) is 16.9. The van der Waals surface area contributed by atoms with Gasteiger partial charge in [-0.3, -0.25) is 9.52 Å². The maximum Gasteiger partial charge on any atom is 0.273 e. The number of nitrogens with zero attached hydrogens (tertiary/aromatic N) is 2. The normalized spacial score (nSPS) is 11.3. The van der Waals surface area contributed by atoms with E-state index < -0.39 is 15.9 Å². The predicted molar refractivity (Wildman–Crippen MR) is 140 cm³/mol. The molecule has 8 nitrogen and oxygen atoms in total. The molecule has 0 unspecified atom stereocenters. The Morgan fingerprint density at radius 2 is 1.60 bits per heavy atom. The Morgan fingerprint density at radius 3 is 2.23 bits per heavy atom. The van der Waals surface area contributed by atoms with Crippen LogP contribution in [0, 0.1) is 0 Å². The highest BCUT2D eigenvalue weighted by molar-refractivity contribution is 7.92. The van der Waals surface area contributed by atoms with Crippen LogP contribution in [0.15, 0.2) is 82.8 Å². The quantitative estimate of drug-likeness (QED) is 0.302. The average Bonchev–Trinajstić information content (AvgIpc) is 2.86. The lowest BCUT2D eigenvalue weighted by Gasteiger charge is -2.20. The van der Waals surface area contributed by atoms with Gasteiger partial charge in [0.05, 0.1) is 29.0 Å². The molecule has 9 heteroatoms. The molecule has 0 atom stereocenters. The second kappa shape index (κ2) is 12.0. The smallest absolute Gasteiger partial charge is 0.273 e. The van der Waals surface area contributed by atoms with Gasteiger partial charge in [-0.25, -0.2) is 13.8 Å². The van der Waals surface area contributed by atoms with Crippen LogP contribution in [0.2, 0.25) is 0 Å². The molecule has 0 aliphatic heterocycles. The van der Waals surface area contributed by atoms with Crippen molar-refractivity contribution in [1.29, 1.82) is 0 Å². The number of nitrogens with one attached hydrogen (secondary N) is 2. The van der Waals surface area contributed by atoms with E-state index in [4.69, 9.17) is 4.74 Å². The van der Waals surface area contributed by atoms with Gasteiger partial charge in [0, 0.05) is 18.8 Å². The summed E-state index contributed by atoms with van der Waals surface area (Å²) in [5, 5.41) is 4.03. The number of hydrogen-bond donors (Lipinski definition) is 2. The van der Waals surface area contributed by atoms with E-state index in [1.165, 1.54) is 30.5 Å². The lowest BCUT2D eigenvalue weighted by molar-refractivity contribution is 0.0956. The SMILES string of the molecule is CCOc1ccc(S(=O)(=O)Nc2ccccc2C(=O)N/N=C/c2ccc(N(CC)CC)cc2)cc1. The fraction of sp³-hybridized carbons (Fsp3) is 0.231. The lowest BCUT2D eigenvalue weighted by Crippen LogP contribution is -2.22. The Hall–Kier alpha value is -3.85. The number of sulfonamides is 1. The van der Waals surface area contributed by atoms with Crippen LogP contribution < -0.4 is 19.8 Å². The minimum Gasteiger partial charge on any atom is -0.494 e. The van der Waals surface area contributed by atoms with Crippen molar-refractivity contribution in [2.75, 3.05) is 29.3 Å². The molecule has 0 aliphatic carbocycles. The maximum atomic E-state index is 12.8. The molecule has 0 radical (unpaired) electrons. The molecule has 0 bridgehead atoms. The molecule has 0 saturated carbocycles. The molecule has 35 heavy (non-hydrogen) atoms. The van der Waals surface area contributed by atoms with Crippen LogP contribution in [0.4, 0.5) is 11.4 Å². The number of amides is 1. The van der Waals surface area contributed by atoms with Crippen LogP contribution in [0.5, 0.6) is 5.75 Å². The first kappa shape index (κ1) is 25.8. The van der Waals surface area contributed by atoms with E-state index in [2.05, 4.69) is 34.0 Å². The molecule has 0 saturated heterocycles. The summed E-state index contributed by atoms with van der Waals surface area (Å²) in [5.41, 5.74) is 4.70. The van der Waals surface area contributed by atoms with Gasteiger partial charge in [-0.15, -0.1) is 0 Å². The Bertz CT molecular complexity index is 1250. The fourth-order valence-corrected chi connectivity index (χ4v) is 4.52. The molecule has 184 valence electrons. The fourth-order valence-electron chi connectivity index (χ4n) is 3.44. The number of anilines is 2. The highest BCUT2D eigenvalue weighted by Crippen LogP contribution is 2.22. The third kappa shape index (κ3) is 6.83. The lowest BCUT2D eigenvalue weighted by atomic mass is 10.2. The molecule has 2 N–H and O–H groups in total. The molecule has 0 heterocycles. The zero-order valence-electron chi connectivity index (χ0n) is 20.1. The monoisotopic (exact) mass is 494 g/mol. The Labute approximate surface area is 206 Å². The molecule has 3 aromatic rings. The highest BCUT2D eigenvalue weighted by Gasteiger charge is 2.18. The number of benzene rings is 3. The van der Waals surface area contributed by atoms with Gasteiger partial charge in [-0.05, 0) is 74.9 Å². The minimum atomic E-state index is -3.91. The number of para-hydroxylation sites is 1. The minimum absolute atomic E-state index is 0.0577. The molecule has 0 aliphatic rings. The van der Waals surface area contributed by atoms with Crippen molar-refractivity contribution >= 4 is 33.5 Å². The van der Waals surface area contributed by atoms with Gasteiger partial charge in [0.25, 0.3) is 15.9 Å². The number of carbonyl (C=O) groups is 1. The summed E-state index contributed by atoms with van der Waals surface area (Å²) in [4.78, 5) is 15.0. The van der Waals surface area contributed by atoms with Gasteiger partial charge >= 0.3 is 0 Å². The molecule has 0 aromatic heterocycles. The van der Waals surface area contributed by atoms with Crippen LogP contribution in [-0.2, 0) is 10.0 Å². The molecular formula is C26H30N4O4S. The molecule has 3 rings (SSSR count). The average molecular weight is 495 g/mol. The van der Waals surface area contributed by atoms with Crippen molar-refractivity contribution in [2.45, 2.75) is 25.7 Å². The second-order valence-corrected chi connectivity index (χ2v) is 9.20. The van der Waals surface area contributed by atoms with Crippen LogP contribution in [0.3, 0.4) is 0 Å². The van der Waals surface area contributed by atoms with Crippen molar-refractivity contribution in [2.24, 2.45) is 5.10 Å². The van der Waals surface area contributed by atoms with E-state index in [-0.39, 0.29) is 16.1 Å². The number of hydrazone groups is 1. The third-order valence-corrected chi connectivity index (χ3v) is 6.64. The summed E-state index contributed by atoms with van der Waals surface area (Å²) in [7, 11) is -3.91. The Balaban J connectivity index is 1.69. The Morgan fingerprint density at radius 1 is 0.943 bits per heavy atom. The van der Waals surface area contributed by atoms with E-state index in [0.29, 0.717) is 12.4 Å². The number of carbonyl (C=O) groups excluding carboxylic acids is 1. The van der Waals surface area contributed by atoms with Gasteiger partial charge in [0.1, 0.15) is 5.75 Å². The van der Waals surface area contributed by atoms with E-state index in [9.17, 15) is 13.2 Å². The van der Waals surface area contributed by atoms with Gasteiger partial charge in [-0.2, -0.15) is 5.10 Å². The summed E-state index contributed by atoms with van der Waals surface area (Å²) < 4.78 is 33.5. The number of hydrogen-bond acceptors (Lipinski definition) is 6. The number of rotatable bonds is 11. The van der Waals surface area contributed by atoms with Gasteiger partial charge in [0.15, 0.2) is 0 Å². The molecule has 0 fully saturated rings. The standard InChI is InChI=1S/C26H30N4O4S/c1-4-30(5-2)21-13-11-20(12-14-21)19-27-28-26(31)24-9-7-8-10-25(24)29-35(32,33)23-17-15-22(16-18-23)34-6-3/h7-19,29H,4-6H2,1-3H3,(H,28,31)/b27-19+. The van der Waals surface area contributed by atoms with Crippen LogP contribution in [-0.4, -0.2) is 40.2 Å². The largest absolute Gasteiger partial charge is 0.494 e. The van der Waals surface area contributed by atoms with Gasteiger partial charge < -0.3 is 9.64 Å². The topological polar surface area (TPSA) is 100 Å². The van der Waals surface area contributed by atoms with Crippen LogP contribution in [0.1, 0.15) is 36.7 Å². The first-order valence-electron chi connectivity index (χ1n) is 11.4. The first-order valence-corrected chi connectivity index (χ1v) is 12.9. The second-order valence-electron chi connectivity index (χ2n) is 7.52. The summed E-state index contributed by atoms with van der Waals surface area (Å²) in [6, 6.07) is 20.3. The van der Waals surface area contributed by atoms with E-state index in [1.807, 2.05) is 31.2 Å². The summed E-state index contributed by atoms with van der Waals surface area (Å²) in [6.07, 6.45) is 1.54. The van der Waals surface area contributed by atoms with Crippen molar-refractivity contribution in [3.8, 4) is 5.75 Å².